The third-order valence-corrected chi connectivity index (χ3v) is 2.06. The summed E-state index contributed by atoms with van der Waals surface area (Å²) in [7, 11) is 0. The van der Waals surface area contributed by atoms with Crippen molar-refractivity contribution in [3.63, 3.8) is 0 Å². The molecule has 0 spiro atoms. The Hall–Kier alpha value is -2.00. The number of carbonyl (C=O) groups is 1. The van der Waals surface area contributed by atoms with E-state index in [0.29, 0.717) is 11.5 Å². The summed E-state index contributed by atoms with van der Waals surface area (Å²) in [6.45, 7) is 0. The van der Waals surface area contributed by atoms with E-state index in [0.717, 1.165) is 0 Å². The molecule has 0 heterocycles. The van der Waals surface area contributed by atoms with Crippen molar-refractivity contribution in [1.29, 1.82) is 0 Å². The zero-order valence-electron chi connectivity index (χ0n) is 8.87. The summed E-state index contributed by atoms with van der Waals surface area (Å²) in [5.41, 5.74) is 0.216. The number of para-hydroxylation sites is 1. The Bertz CT molecular complexity index is 497. The first-order valence-electron chi connectivity index (χ1n) is 4.82. The summed E-state index contributed by atoms with van der Waals surface area (Å²) in [5, 5.41) is 8.82. The van der Waals surface area contributed by atoms with Gasteiger partial charge in [-0.25, -0.2) is 4.79 Å². The molecule has 0 aliphatic rings. The van der Waals surface area contributed by atoms with Gasteiger partial charge in [0.1, 0.15) is 11.5 Å². The van der Waals surface area contributed by atoms with E-state index in [4.69, 9.17) is 9.84 Å². The molecule has 4 heteroatoms. The van der Waals surface area contributed by atoms with Crippen LogP contribution in [0.3, 0.4) is 0 Å². The molecule has 0 unspecified atom stereocenters. The Morgan fingerprint density at radius 2 is 1.59 bits per heavy atom. The first-order chi connectivity index (χ1) is 7.75. The average Bonchev–Trinajstić information content (AvgIpc) is 2.30. The summed E-state index contributed by atoms with van der Waals surface area (Å²) in [4.78, 5) is 10.8. The SMILES string of the molecule is Cl.O=C(O)c1cccc(Oc2ccccc2)c1. The number of halogens is 1. The second-order valence-corrected chi connectivity index (χ2v) is 3.25. The zero-order chi connectivity index (χ0) is 11.4. The normalized spacial score (nSPS) is 9.18. The Balaban J connectivity index is 0.00000144. The molecule has 88 valence electrons. The first kappa shape index (κ1) is 13.1. The van der Waals surface area contributed by atoms with Gasteiger partial charge in [-0.3, -0.25) is 0 Å². The maximum atomic E-state index is 10.8. The lowest BCUT2D eigenvalue weighted by molar-refractivity contribution is 0.0696. The Kier molecular flexibility index (Phi) is 4.55. The molecule has 2 rings (SSSR count). The van der Waals surface area contributed by atoms with E-state index in [1.54, 1.807) is 12.1 Å². The van der Waals surface area contributed by atoms with E-state index in [1.807, 2.05) is 30.3 Å². The van der Waals surface area contributed by atoms with Crippen molar-refractivity contribution in [3.05, 3.63) is 60.2 Å². The molecule has 0 saturated heterocycles. The van der Waals surface area contributed by atoms with Gasteiger partial charge in [-0.05, 0) is 30.3 Å². The van der Waals surface area contributed by atoms with Gasteiger partial charge in [-0.2, -0.15) is 0 Å². The van der Waals surface area contributed by atoms with Crippen LogP contribution in [0.25, 0.3) is 0 Å². The maximum absolute atomic E-state index is 10.8. The highest BCUT2D eigenvalue weighted by Crippen LogP contribution is 2.21. The van der Waals surface area contributed by atoms with E-state index in [2.05, 4.69) is 0 Å². The van der Waals surface area contributed by atoms with Crippen molar-refractivity contribution in [2.75, 3.05) is 0 Å². The minimum Gasteiger partial charge on any atom is -0.478 e. The zero-order valence-corrected chi connectivity index (χ0v) is 9.68. The van der Waals surface area contributed by atoms with Crippen molar-refractivity contribution in [2.24, 2.45) is 0 Å². The summed E-state index contributed by atoms with van der Waals surface area (Å²) in [6, 6.07) is 15.6. The molecular formula is C13H11ClO3. The van der Waals surface area contributed by atoms with Gasteiger partial charge in [-0.15, -0.1) is 12.4 Å². The molecule has 17 heavy (non-hydrogen) atoms. The molecule has 0 bridgehead atoms. The number of hydrogen-bond donors (Lipinski definition) is 1. The minimum absolute atomic E-state index is 0. The highest BCUT2D eigenvalue weighted by Gasteiger charge is 2.04. The van der Waals surface area contributed by atoms with Gasteiger partial charge >= 0.3 is 5.97 Å². The molecule has 0 fully saturated rings. The van der Waals surface area contributed by atoms with Gasteiger partial charge in [0, 0.05) is 0 Å². The number of benzene rings is 2. The van der Waals surface area contributed by atoms with Gasteiger partial charge in [0.2, 0.25) is 0 Å². The van der Waals surface area contributed by atoms with Crippen LogP contribution >= 0.6 is 12.4 Å². The van der Waals surface area contributed by atoms with E-state index in [-0.39, 0.29) is 18.0 Å². The molecule has 2 aromatic carbocycles. The first-order valence-corrected chi connectivity index (χ1v) is 4.82. The highest BCUT2D eigenvalue weighted by molar-refractivity contribution is 5.88. The second-order valence-electron chi connectivity index (χ2n) is 3.25. The Labute approximate surface area is 105 Å². The van der Waals surface area contributed by atoms with Crippen LogP contribution < -0.4 is 4.74 Å². The number of aromatic carboxylic acids is 1. The molecule has 0 aliphatic heterocycles. The number of rotatable bonds is 3. The summed E-state index contributed by atoms with van der Waals surface area (Å²) >= 11 is 0. The average molecular weight is 251 g/mol. The number of hydrogen-bond acceptors (Lipinski definition) is 2. The van der Waals surface area contributed by atoms with Gasteiger partial charge < -0.3 is 9.84 Å². The fourth-order valence-electron chi connectivity index (χ4n) is 1.32. The molecule has 3 nitrogen and oxygen atoms in total. The van der Waals surface area contributed by atoms with Crippen molar-refractivity contribution in [1.82, 2.24) is 0 Å². The van der Waals surface area contributed by atoms with Gasteiger partial charge in [0.05, 0.1) is 5.56 Å². The standard InChI is InChI=1S/C13H10O3.ClH/c14-13(15)10-5-4-8-12(9-10)16-11-6-2-1-3-7-11;/h1-9H,(H,14,15);1H. The van der Waals surface area contributed by atoms with Crippen molar-refractivity contribution in [2.45, 2.75) is 0 Å². The maximum Gasteiger partial charge on any atom is 0.335 e. The van der Waals surface area contributed by atoms with Crippen LogP contribution in [0.15, 0.2) is 54.6 Å². The van der Waals surface area contributed by atoms with Crippen LogP contribution in [0, 0.1) is 0 Å². The minimum atomic E-state index is -0.960. The third kappa shape index (κ3) is 3.50. The van der Waals surface area contributed by atoms with E-state index in [9.17, 15) is 4.79 Å². The van der Waals surface area contributed by atoms with E-state index in [1.165, 1.54) is 12.1 Å². The quantitative estimate of drug-likeness (QED) is 0.905. The molecule has 0 aromatic heterocycles. The van der Waals surface area contributed by atoms with Crippen molar-refractivity contribution in [3.8, 4) is 11.5 Å². The van der Waals surface area contributed by atoms with E-state index < -0.39 is 5.97 Å². The highest BCUT2D eigenvalue weighted by atomic mass is 35.5. The molecule has 0 radical (unpaired) electrons. The number of ether oxygens (including phenoxy) is 1. The molecule has 0 aliphatic carbocycles. The molecule has 2 aromatic rings. The van der Waals surface area contributed by atoms with Crippen LogP contribution in [0.5, 0.6) is 11.5 Å². The molecule has 1 N–H and O–H groups in total. The molecule has 0 atom stereocenters. The van der Waals surface area contributed by atoms with Gasteiger partial charge in [-0.1, -0.05) is 24.3 Å². The van der Waals surface area contributed by atoms with Crippen LogP contribution in [-0.2, 0) is 0 Å². The molecular weight excluding hydrogens is 240 g/mol. The Morgan fingerprint density at radius 3 is 2.24 bits per heavy atom. The predicted octanol–water partition coefficient (Wildman–Crippen LogP) is 3.60. The van der Waals surface area contributed by atoms with Crippen LogP contribution in [0.1, 0.15) is 10.4 Å². The second kappa shape index (κ2) is 5.92. The lowest BCUT2D eigenvalue weighted by atomic mass is 10.2. The fourth-order valence-corrected chi connectivity index (χ4v) is 1.32. The lowest BCUT2D eigenvalue weighted by Gasteiger charge is -2.05. The van der Waals surface area contributed by atoms with Crippen LogP contribution in [0.2, 0.25) is 0 Å². The predicted molar refractivity (Wildman–Crippen MR) is 67.2 cm³/mol. The van der Waals surface area contributed by atoms with Crippen LogP contribution in [-0.4, -0.2) is 11.1 Å². The summed E-state index contributed by atoms with van der Waals surface area (Å²) in [5.74, 6) is 0.245. The Morgan fingerprint density at radius 1 is 0.941 bits per heavy atom. The topological polar surface area (TPSA) is 46.5 Å². The summed E-state index contributed by atoms with van der Waals surface area (Å²) < 4.78 is 5.51. The van der Waals surface area contributed by atoms with Gasteiger partial charge in [0.25, 0.3) is 0 Å². The third-order valence-electron chi connectivity index (χ3n) is 2.06. The smallest absolute Gasteiger partial charge is 0.335 e. The van der Waals surface area contributed by atoms with Gasteiger partial charge in [0.15, 0.2) is 0 Å². The lowest BCUT2D eigenvalue weighted by Crippen LogP contribution is -1.95. The largest absolute Gasteiger partial charge is 0.478 e. The monoisotopic (exact) mass is 250 g/mol. The van der Waals surface area contributed by atoms with Crippen molar-refractivity contribution < 1.29 is 14.6 Å². The molecule has 0 amide bonds. The molecule has 0 saturated carbocycles. The van der Waals surface area contributed by atoms with E-state index >= 15 is 0 Å². The van der Waals surface area contributed by atoms with Crippen LogP contribution in [0.4, 0.5) is 0 Å². The fraction of sp³-hybridized carbons (Fsp3) is 0. The number of carboxylic acid groups (broad SMARTS) is 1. The van der Waals surface area contributed by atoms with Crippen molar-refractivity contribution >= 4 is 18.4 Å². The summed E-state index contributed by atoms with van der Waals surface area (Å²) in [6.07, 6.45) is 0. The number of carboxylic acids is 1.